The highest BCUT2D eigenvalue weighted by molar-refractivity contribution is 6.01. The molecule has 7 nitrogen and oxygen atoms in total. The number of aromatic nitrogens is 3. The van der Waals surface area contributed by atoms with Crippen LogP contribution < -0.4 is 10.1 Å². The molecule has 0 fully saturated rings. The fourth-order valence-corrected chi connectivity index (χ4v) is 2.79. The van der Waals surface area contributed by atoms with Gasteiger partial charge in [-0.05, 0) is 60.5 Å². The number of pyridine rings is 1. The third-order valence-corrected chi connectivity index (χ3v) is 4.34. The lowest BCUT2D eigenvalue weighted by atomic mass is 10.2. The molecule has 1 aromatic carbocycles. The van der Waals surface area contributed by atoms with Crippen LogP contribution in [0.1, 0.15) is 21.9 Å². The first-order valence-electron chi connectivity index (χ1n) is 9.36. The molecule has 4 aromatic rings. The van der Waals surface area contributed by atoms with Crippen LogP contribution >= 0.6 is 0 Å². The monoisotopic (exact) mass is 406 g/mol. The summed E-state index contributed by atoms with van der Waals surface area (Å²) in [6.07, 6.45) is 6.13. The van der Waals surface area contributed by atoms with Crippen molar-refractivity contribution < 1.29 is 18.3 Å². The summed E-state index contributed by atoms with van der Waals surface area (Å²) in [7, 11) is 0. The van der Waals surface area contributed by atoms with Crippen LogP contribution in [-0.2, 0) is 19.6 Å². The Labute approximate surface area is 172 Å². The van der Waals surface area contributed by atoms with Gasteiger partial charge in [-0.2, -0.15) is 5.10 Å². The molecule has 30 heavy (non-hydrogen) atoms. The third kappa shape index (κ3) is 5.11. The van der Waals surface area contributed by atoms with Gasteiger partial charge in [0, 0.05) is 31.2 Å². The minimum Gasteiger partial charge on any atom is -0.486 e. The SMILES string of the molecule is O=C(Nc1ccn(CCc2ccncc2)n1)c1ccc(COc2ccc(F)cc2)o1. The lowest BCUT2D eigenvalue weighted by molar-refractivity contribution is 0.0992. The molecule has 0 saturated carbocycles. The van der Waals surface area contributed by atoms with Crippen LogP contribution in [0, 0.1) is 5.82 Å². The minimum absolute atomic E-state index is 0.128. The summed E-state index contributed by atoms with van der Waals surface area (Å²) in [5, 5.41) is 7.07. The lowest BCUT2D eigenvalue weighted by Gasteiger charge is -2.04. The molecule has 0 aliphatic heterocycles. The maximum Gasteiger partial charge on any atom is 0.292 e. The van der Waals surface area contributed by atoms with Gasteiger partial charge < -0.3 is 14.5 Å². The van der Waals surface area contributed by atoms with Gasteiger partial charge in [-0.15, -0.1) is 0 Å². The van der Waals surface area contributed by atoms with Crippen LogP contribution in [0.15, 0.2) is 77.6 Å². The molecule has 0 spiro atoms. The topological polar surface area (TPSA) is 82.2 Å². The number of amides is 1. The van der Waals surface area contributed by atoms with Gasteiger partial charge in [0.2, 0.25) is 0 Å². The molecule has 3 aromatic heterocycles. The molecule has 1 amide bonds. The van der Waals surface area contributed by atoms with E-state index in [2.05, 4.69) is 15.4 Å². The van der Waals surface area contributed by atoms with Crippen molar-refractivity contribution in [1.29, 1.82) is 0 Å². The van der Waals surface area contributed by atoms with Crippen molar-refractivity contribution in [2.24, 2.45) is 0 Å². The first-order valence-corrected chi connectivity index (χ1v) is 9.36. The van der Waals surface area contributed by atoms with Gasteiger partial charge in [-0.3, -0.25) is 14.5 Å². The Balaban J connectivity index is 1.29. The van der Waals surface area contributed by atoms with Gasteiger partial charge in [0.05, 0.1) is 0 Å². The summed E-state index contributed by atoms with van der Waals surface area (Å²) in [5.41, 5.74) is 1.16. The predicted molar refractivity (Wildman–Crippen MR) is 108 cm³/mol. The van der Waals surface area contributed by atoms with Crippen molar-refractivity contribution >= 4 is 11.7 Å². The van der Waals surface area contributed by atoms with Gasteiger partial charge in [0.15, 0.2) is 11.6 Å². The van der Waals surface area contributed by atoms with Crippen molar-refractivity contribution in [3.63, 3.8) is 0 Å². The van der Waals surface area contributed by atoms with Crippen LogP contribution in [0.4, 0.5) is 10.2 Å². The lowest BCUT2D eigenvalue weighted by Crippen LogP contribution is -2.12. The molecule has 3 heterocycles. The summed E-state index contributed by atoms with van der Waals surface area (Å²) in [4.78, 5) is 16.4. The van der Waals surface area contributed by atoms with E-state index >= 15 is 0 Å². The summed E-state index contributed by atoms with van der Waals surface area (Å²) >= 11 is 0. The Kier molecular flexibility index (Phi) is 5.84. The number of furan rings is 1. The second-order valence-electron chi connectivity index (χ2n) is 6.53. The molecule has 0 aliphatic carbocycles. The van der Waals surface area contributed by atoms with Crippen LogP contribution in [0.25, 0.3) is 0 Å². The molecule has 0 unspecified atom stereocenters. The predicted octanol–water partition coefficient (Wildman–Crippen LogP) is 4.08. The van der Waals surface area contributed by atoms with E-state index in [0.29, 0.717) is 23.9 Å². The Morgan fingerprint density at radius 2 is 1.87 bits per heavy atom. The number of hydrogen-bond acceptors (Lipinski definition) is 5. The molecule has 0 atom stereocenters. The molecular weight excluding hydrogens is 387 g/mol. The van der Waals surface area contributed by atoms with E-state index in [1.807, 2.05) is 12.1 Å². The van der Waals surface area contributed by atoms with Crippen molar-refractivity contribution in [2.75, 3.05) is 5.32 Å². The van der Waals surface area contributed by atoms with Gasteiger partial charge in [0.1, 0.15) is 23.9 Å². The minimum atomic E-state index is -0.401. The van der Waals surface area contributed by atoms with E-state index in [4.69, 9.17) is 9.15 Å². The average Bonchev–Trinajstić information content (AvgIpc) is 3.42. The number of hydrogen-bond donors (Lipinski definition) is 1. The van der Waals surface area contributed by atoms with E-state index in [1.54, 1.807) is 41.5 Å². The fourth-order valence-electron chi connectivity index (χ4n) is 2.79. The maximum absolute atomic E-state index is 12.9. The molecule has 8 heteroatoms. The highest BCUT2D eigenvalue weighted by Gasteiger charge is 2.13. The van der Waals surface area contributed by atoms with Gasteiger partial charge in [-0.1, -0.05) is 0 Å². The highest BCUT2D eigenvalue weighted by Crippen LogP contribution is 2.16. The zero-order chi connectivity index (χ0) is 20.8. The number of carbonyl (C=O) groups is 1. The Morgan fingerprint density at radius 1 is 1.07 bits per heavy atom. The smallest absolute Gasteiger partial charge is 0.292 e. The van der Waals surface area contributed by atoms with E-state index in [-0.39, 0.29) is 18.2 Å². The molecule has 0 aliphatic rings. The van der Waals surface area contributed by atoms with E-state index in [0.717, 1.165) is 12.0 Å². The fraction of sp³-hybridized carbons (Fsp3) is 0.136. The van der Waals surface area contributed by atoms with Crippen LogP contribution in [-0.4, -0.2) is 20.7 Å². The highest BCUT2D eigenvalue weighted by atomic mass is 19.1. The normalized spacial score (nSPS) is 10.7. The van der Waals surface area contributed by atoms with Gasteiger partial charge in [0.25, 0.3) is 5.91 Å². The molecule has 152 valence electrons. The third-order valence-electron chi connectivity index (χ3n) is 4.34. The summed E-state index contributed by atoms with van der Waals surface area (Å²) in [6.45, 7) is 0.814. The first-order chi connectivity index (χ1) is 14.7. The largest absolute Gasteiger partial charge is 0.486 e. The van der Waals surface area contributed by atoms with Crippen molar-refractivity contribution in [1.82, 2.24) is 14.8 Å². The number of halogens is 1. The maximum atomic E-state index is 12.9. The number of aryl methyl sites for hydroxylation is 2. The molecule has 1 N–H and O–H groups in total. The number of carbonyl (C=O) groups excluding carboxylic acids is 1. The van der Waals surface area contributed by atoms with Crippen molar-refractivity contribution in [2.45, 2.75) is 19.6 Å². The average molecular weight is 406 g/mol. The first kappa shape index (κ1) is 19.4. The second-order valence-corrected chi connectivity index (χ2v) is 6.53. The van der Waals surface area contributed by atoms with Crippen LogP contribution in [0.5, 0.6) is 5.75 Å². The Morgan fingerprint density at radius 3 is 2.67 bits per heavy atom. The Bertz CT molecular complexity index is 1110. The number of anilines is 1. The number of nitrogens with one attached hydrogen (secondary N) is 1. The van der Waals surface area contributed by atoms with Gasteiger partial charge >= 0.3 is 0 Å². The summed E-state index contributed by atoms with van der Waals surface area (Å²) in [6, 6.07) is 14.5. The number of benzene rings is 1. The molecule has 4 rings (SSSR count). The van der Waals surface area contributed by atoms with Crippen LogP contribution in [0.2, 0.25) is 0 Å². The van der Waals surface area contributed by atoms with Crippen molar-refractivity contribution in [3.05, 3.63) is 96.1 Å². The number of rotatable bonds is 8. The number of nitrogens with zero attached hydrogens (tertiary/aromatic N) is 3. The summed E-state index contributed by atoms with van der Waals surface area (Å²) < 4.78 is 25.7. The van der Waals surface area contributed by atoms with E-state index in [9.17, 15) is 9.18 Å². The second kappa shape index (κ2) is 9.04. The van der Waals surface area contributed by atoms with E-state index < -0.39 is 5.91 Å². The number of ether oxygens (including phenoxy) is 1. The van der Waals surface area contributed by atoms with Crippen molar-refractivity contribution in [3.8, 4) is 5.75 Å². The zero-order valence-electron chi connectivity index (χ0n) is 16.0. The zero-order valence-corrected chi connectivity index (χ0v) is 16.0. The van der Waals surface area contributed by atoms with Gasteiger partial charge in [-0.25, -0.2) is 4.39 Å². The van der Waals surface area contributed by atoms with Crippen LogP contribution in [0.3, 0.4) is 0 Å². The van der Waals surface area contributed by atoms with E-state index in [1.165, 1.54) is 24.3 Å². The Hall–Kier alpha value is -3.94. The standard InChI is InChI=1S/C22H19FN4O3/c23-17-1-3-18(4-2-17)29-15-19-5-6-20(30-19)22(28)25-21-10-14-27(26-21)13-9-16-7-11-24-12-8-16/h1-8,10-12,14H,9,13,15H2,(H,25,26,28). The molecule has 0 saturated heterocycles. The molecule has 0 radical (unpaired) electrons. The molecule has 0 bridgehead atoms. The summed E-state index contributed by atoms with van der Waals surface area (Å²) in [5.74, 6) is 0.847. The quantitative estimate of drug-likeness (QED) is 0.477. The molecular formula is C22H19FN4O3.